The largest absolute Gasteiger partial charge is 0.309 e. The topological polar surface area (TPSA) is 58.4 Å². The Kier molecular flexibility index (Phi) is 9.20. The first kappa shape index (κ1) is 42.2. The fourth-order valence-corrected chi connectivity index (χ4v) is 12.2. The van der Waals surface area contributed by atoms with Gasteiger partial charge in [-0.15, -0.1) is 0 Å². The van der Waals surface area contributed by atoms with Crippen LogP contribution >= 0.6 is 0 Å². The van der Waals surface area contributed by atoms with E-state index in [4.69, 9.17) is 15.0 Å². The van der Waals surface area contributed by atoms with Crippen LogP contribution < -0.4 is 0 Å². The Balaban J connectivity index is 1.02. The zero-order valence-electron chi connectivity index (χ0n) is 41.0. The molecule has 0 aliphatic carbocycles. The Hall–Kier alpha value is -10.4. The van der Waals surface area contributed by atoms with Gasteiger partial charge in [-0.25, -0.2) is 4.98 Å². The maximum atomic E-state index is 5.64. The summed E-state index contributed by atoms with van der Waals surface area (Å²) < 4.78 is 9.49. The minimum Gasteiger partial charge on any atom is -0.309 e. The van der Waals surface area contributed by atoms with E-state index < -0.39 is 0 Å². The molecule has 0 bridgehead atoms. The minimum atomic E-state index is 0.536. The number of benzene rings is 11. The molecule has 5 heterocycles. The summed E-state index contributed by atoms with van der Waals surface area (Å²) in [6.45, 7) is 0. The highest BCUT2D eigenvalue weighted by molar-refractivity contribution is 6.24. The first-order chi connectivity index (χ1) is 37.7. The van der Waals surface area contributed by atoms with Gasteiger partial charge in [0.15, 0.2) is 11.6 Å². The molecule has 0 aliphatic rings. The van der Waals surface area contributed by atoms with E-state index in [9.17, 15) is 0 Å². The summed E-state index contributed by atoms with van der Waals surface area (Å²) >= 11 is 0. The predicted molar refractivity (Wildman–Crippen MR) is 313 cm³/mol. The van der Waals surface area contributed by atoms with Gasteiger partial charge in [0.2, 0.25) is 5.95 Å². The summed E-state index contributed by atoms with van der Waals surface area (Å²) in [6, 6.07) is 93.3. The van der Waals surface area contributed by atoms with Gasteiger partial charge in [-0.05, 0) is 83.9 Å². The maximum absolute atomic E-state index is 5.64. The zero-order valence-corrected chi connectivity index (χ0v) is 41.0. The third-order valence-corrected chi connectivity index (χ3v) is 15.4. The van der Waals surface area contributed by atoms with Crippen molar-refractivity contribution in [2.75, 3.05) is 0 Å². The quantitative estimate of drug-likeness (QED) is 0.160. The van der Waals surface area contributed by atoms with Crippen molar-refractivity contribution >= 4 is 87.2 Å². The van der Waals surface area contributed by atoms with Crippen LogP contribution in [-0.2, 0) is 0 Å². The Morgan fingerprint density at radius 1 is 0.237 bits per heavy atom. The number of hydrogen-bond acceptors (Lipinski definition) is 3. The highest BCUT2D eigenvalue weighted by Gasteiger charge is 2.26. The lowest BCUT2D eigenvalue weighted by Gasteiger charge is -2.14. The van der Waals surface area contributed by atoms with Gasteiger partial charge in [-0.3, -0.25) is 4.57 Å². The number of aromatic nitrogens is 7. The molecule has 7 nitrogen and oxygen atoms in total. The standard InChI is InChI=1S/C69H43N7/c1-4-19-44(20-5-1)45-35-37-48(38-36-45)75-62-42-39-49(74-58-30-14-10-25-50(58)51-26-11-15-31-59(51)74)43-57(62)54-41-40-53-52-27-12-16-32-60(52)76(66(53)65(54)75)69-71-67(46-21-6-2-7-22-46)70-68(72-69)56-29-18-34-63-64(56)55-28-13-17-33-61(55)73(63)47-23-8-3-9-24-47/h1-43H. The van der Waals surface area contributed by atoms with Gasteiger partial charge >= 0.3 is 0 Å². The molecule has 5 aromatic heterocycles. The van der Waals surface area contributed by atoms with Crippen LogP contribution in [0.2, 0.25) is 0 Å². The summed E-state index contributed by atoms with van der Waals surface area (Å²) in [5.41, 5.74) is 16.1. The molecule has 0 radical (unpaired) electrons. The molecule has 16 rings (SSSR count). The molecule has 0 spiro atoms. The molecule has 16 aromatic rings. The fourth-order valence-electron chi connectivity index (χ4n) is 12.2. The van der Waals surface area contributed by atoms with E-state index in [1.54, 1.807) is 0 Å². The van der Waals surface area contributed by atoms with Gasteiger partial charge in [0, 0.05) is 71.3 Å². The smallest absolute Gasteiger partial charge is 0.238 e. The van der Waals surface area contributed by atoms with Crippen LogP contribution in [0.4, 0.5) is 0 Å². The average Bonchev–Trinajstić information content (AvgIpc) is 4.43. The Bertz CT molecular complexity index is 4910. The van der Waals surface area contributed by atoms with Crippen molar-refractivity contribution in [2.24, 2.45) is 0 Å². The molecular weight excluding hydrogens is 927 g/mol. The molecule has 0 saturated heterocycles. The van der Waals surface area contributed by atoms with Crippen LogP contribution in [0.3, 0.4) is 0 Å². The van der Waals surface area contributed by atoms with Crippen molar-refractivity contribution in [3.05, 3.63) is 261 Å². The number of nitrogens with zero attached hydrogens (tertiary/aromatic N) is 7. The molecule has 0 saturated carbocycles. The molecule has 0 amide bonds. The summed E-state index contributed by atoms with van der Waals surface area (Å²) in [4.78, 5) is 16.6. The average molecular weight is 970 g/mol. The third kappa shape index (κ3) is 6.26. The van der Waals surface area contributed by atoms with Gasteiger partial charge < -0.3 is 13.7 Å². The lowest BCUT2D eigenvalue weighted by molar-refractivity contribution is 0.954. The van der Waals surface area contributed by atoms with Crippen LogP contribution in [0.25, 0.3) is 144 Å². The zero-order chi connectivity index (χ0) is 49.8. The Morgan fingerprint density at radius 3 is 1.36 bits per heavy atom. The van der Waals surface area contributed by atoms with Crippen LogP contribution in [0.5, 0.6) is 0 Å². The van der Waals surface area contributed by atoms with Crippen molar-refractivity contribution in [1.82, 2.24) is 33.2 Å². The molecule has 354 valence electrons. The van der Waals surface area contributed by atoms with Gasteiger partial charge in [-0.2, -0.15) is 9.97 Å². The van der Waals surface area contributed by atoms with Gasteiger partial charge in [0.25, 0.3) is 0 Å². The molecule has 0 unspecified atom stereocenters. The maximum Gasteiger partial charge on any atom is 0.238 e. The van der Waals surface area contributed by atoms with Crippen LogP contribution in [0, 0.1) is 0 Å². The summed E-state index contributed by atoms with van der Waals surface area (Å²) in [7, 11) is 0. The van der Waals surface area contributed by atoms with E-state index in [1.807, 2.05) is 18.2 Å². The molecule has 76 heavy (non-hydrogen) atoms. The van der Waals surface area contributed by atoms with Crippen molar-refractivity contribution in [3.63, 3.8) is 0 Å². The van der Waals surface area contributed by atoms with E-state index in [0.29, 0.717) is 17.6 Å². The molecule has 0 atom stereocenters. The molecule has 0 aliphatic heterocycles. The minimum absolute atomic E-state index is 0.536. The van der Waals surface area contributed by atoms with Crippen LogP contribution in [-0.4, -0.2) is 33.2 Å². The predicted octanol–water partition coefficient (Wildman–Crippen LogP) is 17.3. The Labute approximate surface area is 436 Å². The summed E-state index contributed by atoms with van der Waals surface area (Å²) in [5.74, 6) is 1.72. The van der Waals surface area contributed by atoms with Gasteiger partial charge in [0.1, 0.15) is 0 Å². The Morgan fingerprint density at radius 2 is 0.684 bits per heavy atom. The van der Waals surface area contributed by atoms with Crippen molar-refractivity contribution in [3.8, 4) is 56.9 Å². The van der Waals surface area contributed by atoms with E-state index in [-0.39, 0.29) is 0 Å². The van der Waals surface area contributed by atoms with Gasteiger partial charge in [-0.1, -0.05) is 188 Å². The van der Waals surface area contributed by atoms with E-state index in [2.05, 4.69) is 261 Å². The van der Waals surface area contributed by atoms with E-state index in [1.165, 1.54) is 27.4 Å². The lowest BCUT2D eigenvalue weighted by atomic mass is 10.1. The van der Waals surface area contributed by atoms with Crippen molar-refractivity contribution in [2.45, 2.75) is 0 Å². The van der Waals surface area contributed by atoms with E-state index >= 15 is 0 Å². The number of rotatable bonds is 7. The van der Waals surface area contributed by atoms with Crippen molar-refractivity contribution < 1.29 is 0 Å². The second-order valence-corrected chi connectivity index (χ2v) is 19.6. The number of hydrogen-bond donors (Lipinski definition) is 0. The van der Waals surface area contributed by atoms with Crippen LogP contribution in [0.15, 0.2) is 261 Å². The second-order valence-electron chi connectivity index (χ2n) is 19.6. The SMILES string of the molecule is c1ccc(-c2ccc(-n3c4ccc(-n5c6ccccc6c6ccccc65)cc4c4ccc5c6ccccc6n(-c6nc(-c7ccccc7)nc(-c7cccc8c7c7ccccc7n8-c7ccccc7)n6)c5c43)cc2)cc1. The molecule has 11 aromatic carbocycles. The highest BCUT2D eigenvalue weighted by Crippen LogP contribution is 2.44. The molecule has 0 N–H and O–H groups in total. The van der Waals surface area contributed by atoms with Crippen LogP contribution in [0.1, 0.15) is 0 Å². The molecular formula is C69H43N7. The monoisotopic (exact) mass is 969 g/mol. The third-order valence-electron chi connectivity index (χ3n) is 15.4. The molecule has 7 heteroatoms. The first-order valence-electron chi connectivity index (χ1n) is 25.8. The van der Waals surface area contributed by atoms with E-state index in [0.717, 1.165) is 99.2 Å². The fraction of sp³-hybridized carbons (Fsp3) is 0. The second kappa shape index (κ2) is 16.6. The number of para-hydroxylation sites is 5. The summed E-state index contributed by atoms with van der Waals surface area (Å²) in [6.07, 6.45) is 0. The van der Waals surface area contributed by atoms with Gasteiger partial charge in [0.05, 0.1) is 44.1 Å². The normalized spacial score (nSPS) is 11.9. The lowest BCUT2D eigenvalue weighted by Crippen LogP contribution is -2.07. The van der Waals surface area contributed by atoms with Crippen molar-refractivity contribution in [1.29, 1.82) is 0 Å². The summed E-state index contributed by atoms with van der Waals surface area (Å²) in [5, 5.41) is 9.15. The molecule has 0 fully saturated rings. The number of fused-ring (bicyclic) bond motifs is 13. The first-order valence-corrected chi connectivity index (χ1v) is 25.8. The highest BCUT2D eigenvalue weighted by atomic mass is 15.2.